The molecule has 3 rings (SSSR count). The molecule has 0 saturated carbocycles. The summed E-state index contributed by atoms with van der Waals surface area (Å²) in [4.78, 5) is 4.30. The highest BCUT2D eigenvalue weighted by molar-refractivity contribution is 5.79. The first kappa shape index (κ1) is 17.5. The Kier molecular flexibility index (Phi) is 5.71. The number of benzene rings is 1. The zero-order valence-corrected chi connectivity index (χ0v) is 15.2. The minimum atomic E-state index is 0.294. The zero-order valence-electron chi connectivity index (χ0n) is 15.2. The third kappa shape index (κ3) is 4.20. The van der Waals surface area contributed by atoms with Crippen molar-refractivity contribution in [3.05, 3.63) is 47.3 Å². The molecule has 1 aliphatic rings. The number of ether oxygens (including phenoxy) is 1. The molecular weight excluding hydrogens is 314 g/mol. The number of hydrogen-bond donors (Lipinski definition) is 2. The van der Waals surface area contributed by atoms with E-state index >= 15 is 0 Å². The fourth-order valence-electron chi connectivity index (χ4n) is 3.16. The van der Waals surface area contributed by atoms with Crippen molar-refractivity contribution in [3.8, 4) is 5.69 Å². The van der Waals surface area contributed by atoms with E-state index in [-0.39, 0.29) is 0 Å². The fraction of sp³-hybridized carbons (Fsp3) is 0.474. The molecule has 1 fully saturated rings. The highest BCUT2D eigenvalue weighted by Gasteiger charge is 2.16. The summed E-state index contributed by atoms with van der Waals surface area (Å²) in [7, 11) is 1.79. The molecule has 2 aromatic rings. The first-order valence-corrected chi connectivity index (χ1v) is 8.85. The Labute approximate surface area is 149 Å². The fourth-order valence-corrected chi connectivity index (χ4v) is 3.16. The molecule has 0 spiro atoms. The highest BCUT2D eigenvalue weighted by Crippen LogP contribution is 2.17. The van der Waals surface area contributed by atoms with Crippen LogP contribution in [0.25, 0.3) is 5.69 Å². The van der Waals surface area contributed by atoms with E-state index in [1.807, 2.05) is 29.8 Å². The van der Waals surface area contributed by atoms with Crippen molar-refractivity contribution in [2.24, 2.45) is 4.99 Å². The first-order valence-electron chi connectivity index (χ1n) is 8.85. The Morgan fingerprint density at radius 3 is 2.76 bits per heavy atom. The quantitative estimate of drug-likeness (QED) is 0.647. The molecule has 0 radical (unpaired) electrons. The van der Waals surface area contributed by atoms with Gasteiger partial charge in [0.25, 0.3) is 0 Å². The summed E-state index contributed by atoms with van der Waals surface area (Å²) in [5, 5.41) is 11.4. The predicted octanol–water partition coefficient (Wildman–Crippen LogP) is 2.33. The van der Waals surface area contributed by atoms with Crippen LogP contribution in [-0.2, 0) is 11.3 Å². The second-order valence-corrected chi connectivity index (χ2v) is 6.34. The van der Waals surface area contributed by atoms with Gasteiger partial charge in [-0.15, -0.1) is 0 Å². The number of nitrogens with one attached hydrogen (secondary N) is 2. The van der Waals surface area contributed by atoms with Gasteiger partial charge in [0.1, 0.15) is 0 Å². The summed E-state index contributed by atoms with van der Waals surface area (Å²) in [5.74, 6) is 0.793. The number of hydrogen-bond acceptors (Lipinski definition) is 3. The van der Waals surface area contributed by atoms with E-state index in [0.717, 1.165) is 49.0 Å². The Morgan fingerprint density at radius 1 is 1.28 bits per heavy atom. The summed E-state index contributed by atoms with van der Waals surface area (Å²) in [5.41, 5.74) is 4.45. The topological polar surface area (TPSA) is 63.5 Å². The molecule has 0 amide bonds. The monoisotopic (exact) mass is 341 g/mol. The first-order chi connectivity index (χ1) is 12.2. The molecule has 6 heteroatoms. The van der Waals surface area contributed by atoms with Crippen LogP contribution in [0.3, 0.4) is 0 Å². The molecular formula is C19H27N5O. The van der Waals surface area contributed by atoms with Crippen molar-refractivity contribution in [2.45, 2.75) is 39.3 Å². The van der Waals surface area contributed by atoms with Gasteiger partial charge in [-0.05, 0) is 38.8 Å². The van der Waals surface area contributed by atoms with Crippen LogP contribution in [0.15, 0.2) is 35.3 Å². The molecule has 0 bridgehead atoms. The Hall–Kier alpha value is -2.34. The van der Waals surface area contributed by atoms with Gasteiger partial charge in [0.05, 0.1) is 17.5 Å². The normalized spacial score (nSPS) is 17.7. The number of para-hydroxylation sites is 1. The third-order valence-corrected chi connectivity index (χ3v) is 4.62. The van der Waals surface area contributed by atoms with E-state index in [2.05, 4.69) is 39.8 Å². The number of rotatable bonds is 5. The lowest BCUT2D eigenvalue weighted by Gasteiger charge is -2.15. The van der Waals surface area contributed by atoms with Gasteiger partial charge in [0.15, 0.2) is 5.96 Å². The molecule has 134 valence electrons. The van der Waals surface area contributed by atoms with Gasteiger partial charge >= 0.3 is 0 Å². The number of aromatic nitrogens is 2. The van der Waals surface area contributed by atoms with Crippen LogP contribution >= 0.6 is 0 Å². The van der Waals surface area contributed by atoms with Crippen LogP contribution in [0.1, 0.15) is 29.8 Å². The molecule has 2 heterocycles. The number of guanidine groups is 1. The van der Waals surface area contributed by atoms with E-state index in [4.69, 9.17) is 4.74 Å². The standard InChI is InChI=1S/C19H27N5O/c1-14-18(15(2)24(23-14)16-8-5-4-6-9-16)13-22-19(20-3)21-12-17-10-7-11-25-17/h4-6,8-9,17H,7,10-13H2,1-3H3,(H2,20,21,22). The maximum atomic E-state index is 5.64. The SMILES string of the molecule is CN=C(NCc1c(C)nn(-c2ccccc2)c1C)NCC1CCCO1. The molecule has 1 aromatic carbocycles. The third-order valence-electron chi connectivity index (χ3n) is 4.62. The second kappa shape index (κ2) is 8.16. The van der Waals surface area contributed by atoms with Gasteiger partial charge in [-0.3, -0.25) is 4.99 Å². The second-order valence-electron chi connectivity index (χ2n) is 6.34. The van der Waals surface area contributed by atoms with Crippen molar-refractivity contribution < 1.29 is 4.74 Å². The van der Waals surface area contributed by atoms with E-state index in [1.165, 1.54) is 5.56 Å². The molecule has 1 aliphatic heterocycles. The summed E-state index contributed by atoms with van der Waals surface area (Å²) < 4.78 is 7.64. The lowest BCUT2D eigenvalue weighted by Crippen LogP contribution is -2.40. The van der Waals surface area contributed by atoms with Gasteiger partial charge < -0.3 is 15.4 Å². The maximum absolute atomic E-state index is 5.64. The molecule has 25 heavy (non-hydrogen) atoms. The molecule has 1 atom stereocenters. The number of aryl methyl sites for hydroxylation is 1. The van der Waals surface area contributed by atoms with Gasteiger partial charge in [0.2, 0.25) is 0 Å². The van der Waals surface area contributed by atoms with E-state index < -0.39 is 0 Å². The average molecular weight is 341 g/mol. The molecule has 2 N–H and O–H groups in total. The van der Waals surface area contributed by atoms with Crippen LogP contribution < -0.4 is 10.6 Å². The highest BCUT2D eigenvalue weighted by atomic mass is 16.5. The molecule has 0 aliphatic carbocycles. The summed E-state index contributed by atoms with van der Waals surface area (Å²) in [6.07, 6.45) is 2.56. The van der Waals surface area contributed by atoms with Gasteiger partial charge in [0, 0.05) is 38.0 Å². The van der Waals surface area contributed by atoms with Crippen LogP contribution in [0.5, 0.6) is 0 Å². The van der Waals surface area contributed by atoms with Crippen LogP contribution in [0.4, 0.5) is 0 Å². The molecule has 1 aromatic heterocycles. The lowest BCUT2D eigenvalue weighted by molar-refractivity contribution is 0.114. The predicted molar refractivity (Wildman–Crippen MR) is 100 cm³/mol. The van der Waals surface area contributed by atoms with E-state index in [9.17, 15) is 0 Å². The van der Waals surface area contributed by atoms with Gasteiger partial charge in [-0.25, -0.2) is 4.68 Å². The van der Waals surface area contributed by atoms with Crippen molar-refractivity contribution in [1.29, 1.82) is 0 Å². The minimum absolute atomic E-state index is 0.294. The molecule has 1 saturated heterocycles. The minimum Gasteiger partial charge on any atom is -0.376 e. The Morgan fingerprint density at radius 2 is 2.08 bits per heavy atom. The van der Waals surface area contributed by atoms with Crippen molar-refractivity contribution in [2.75, 3.05) is 20.2 Å². The van der Waals surface area contributed by atoms with Gasteiger partial charge in [-0.1, -0.05) is 18.2 Å². The van der Waals surface area contributed by atoms with Crippen molar-refractivity contribution in [1.82, 2.24) is 20.4 Å². The lowest BCUT2D eigenvalue weighted by atomic mass is 10.2. The Balaban J connectivity index is 1.63. The van der Waals surface area contributed by atoms with E-state index in [0.29, 0.717) is 12.6 Å². The summed E-state index contributed by atoms with van der Waals surface area (Å²) >= 11 is 0. The maximum Gasteiger partial charge on any atom is 0.191 e. The zero-order chi connectivity index (χ0) is 17.6. The van der Waals surface area contributed by atoms with Crippen LogP contribution in [0, 0.1) is 13.8 Å². The molecule has 6 nitrogen and oxygen atoms in total. The van der Waals surface area contributed by atoms with Crippen LogP contribution in [0.2, 0.25) is 0 Å². The number of nitrogens with zero attached hydrogens (tertiary/aromatic N) is 3. The summed E-state index contributed by atoms with van der Waals surface area (Å²) in [6.45, 7) is 6.50. The Bertz CT molecular complexity index is 717. The van der Waals surface area contributed by atoms with Gasteiger partial charge in [-0.2, -0.15) is 5.10 Å². The smallest absolute Gasteiger partial charge is 0.191 e. The van der Waals surface area contributed by atoms with Crippen molar-refractivity contribution >= 4 is 5.96 Å². The largest absolute Gasteiger partial charge is 0.376 e. The average Bonchev–Trinajstić information content (AvgIpc) is 3.25. The van der Waals surface area contributed by atoms with E-state index in [1.54, 1.807) is 7.05 Å². The molecule has 1 unspecified atom stereocenters. The van der Waals surface area contributed by atoms with Crippen LogP contribution in [-0.4, -0.2) is 42.0 Å². The van der Waals surface area contributed by atoms with Crippen molar-refractivity contribution in [3.63, 3.8) is 0 Å². The number of aliphatic imine (C=N–C) groups is 1. The summed E-state index contributed by atoms with van der Waals surface area (Å²) in [6, 6.07) is 10.2.